The molecular formula is C17H23NO4. The molecule has 120 valence electrons. The van der Waals surface area contributed by atoms with Gasteiger partial charge in [0, 0.05) is 12.5 Å². The van der Waals surface area contributed by atoms with Crippen molar-refractivity contribution in [2.24, 2.45) is 11.8 Å². The van der Waals surface area contributed by atoms with Crippen LogP contribution in [0, 0.1) is 11.8 Å². The molecule has 0 aliphatic heterocycles. The highest BCUT2D eigenvalue weighted by molar-refractivity contribution is 5.80. The quantitative estimate of drug-likeness (QED) is 0.845. The van der Waals surface area contributed by atoms with Crippen LogP contribution in [0.25, 0.3) is 0 Å². The number of nitrogens with one attached hydrogen (secondary N) is 1. The van der Waals surface area contributed by atoms with Crippen molar-refractivity contribution in [1.82, 2.24) is 5.32 Å². The molecule has 1 saturated carbocycles. The van der Waals surface area contributed by atoms with Gasteiger partial charge in [-0.1, -0.05) is 18.6 Å². The minimum atomic E-state index is -0.783. The Bertz CT molecular complexity index is 529. The van der Waals surface area contributed by atoms with Gasteiger partial charge in [-0.25, -0.2) is 0 Å². The maximum atomic E-state index is 12.2. The summed E-state index contributed by atoms with van der Waals surface area (Å²) in [5.74, 6) is -0.536. The number of carbonyl (C=O) groups is 2. The van der Waals surface area contributed by atoms with Crippen LogP contribution in [0.15, 0.2) is 24.3 Å². The zero-order chi connectivity index (χ0) is 15.9. The van der Waals surface area contributed by atoms with Crippen LogP contribution >= 0.6 is 0 Å². The van der Waals surface area contributed by atoms with Crippen molar-refractivity contribution in [3.63, 3.8) is 0 Å². The molecule has 2 atom stereocenters. The predicted octanol–water partition coefficient (Wildman–Crippen LogP) is 2.24. The third-order valence-corrected chi connectivity index (χ3v) is 4.24. The molecule has 5 heteroatoms. The Balaban J connectivity index is 1.78. The molecule has 2 N–H and O–H groups in total. The topological polar surface area (TPSA) is 75.6 Å². The second-order valence-corrected chi connectivity index (χ2v) is 5.79. The van der Waals surface area contributed by atoms with Crippen molar-refractivity contribution >= 4 is 11.9 Å². The van der Waals surface area contributed by atoms with E-state index in [9.17, 15) is 9.59 Å². The van der Waals surface area contributed by atoms with Gasteiger partial charge in [0.1, 0.15) is 5.75 Å². The highest BCUT2D eigenvalue weighted by Gasteiger charge is 2.30. The molecule has 22 heavy (non-hydrogen) atoms. The minimum Gasteiger partial charge on any atom is -0.497 e. The molecule has 0 aromatic heterocycles. The third-order valence-electron chi connectivity index (χ3n) is 4.24. The van der Waals surface area contributed by atoms with Gasteiger partial charge in [-0.3, -0.25) is 9.59 Å². The first-order chi connectivity index (χ1) is 10.6. The Morgan fingerprint density at radius 1 is 1.32 bits per heavy atom. The van der Waals surface area contributed by atoms with Crippen molar-refractivity contribution in [2.75, 3.05) is 13.7 Å². The summed E-state index contributed by atoms with van der Waals surface area (Å²) in [6.45, 7) is 0.556. The van der Waals surface area contributed by atoms with Gasteiger partial charge < -0.3 is 15.2 Å². The molecule has 5 nitrogen and oxygen atoms in total. The molecule has 2 unspecified atom stereocenters. The number of amides is 1. The SMILES string of the molecule is COc1cccc(CCNC(=O)C2CCCC(C(=O)O)C2)c1. The van der Waals surface area contributed by atoms with Gasteiger partial charge in [0.05, 0.1) is 13.0 Å². The highest BCUT2D eigenvalue weighted by Crippen LogP contribution is 2.29. The number of aliphatic carboxylic acids is 1. The molecule has 1 amide bonds. The Kier molecular flexibility index (Phi) is 5.81. The highest BCUT2D eigenvalue weighted by atomic mass is 16.5. The van der Waals surface area contributed by atoms with Crippen molar-refractivity contribution in [2.45, 2.75) is 32.1 Å². The van der Waals surface area contributed by atoms with Crippen LogP contribution in [0.4, 0.5) is 0 Å². The molecule has 1 aliphatic carbocycles. The summed E-state index contributed by atoms with van der Waals surface area (Å²) >= 11 is 0. The molecule has 1 aromatic carbocycles. The maximum Gasteiger partial charge on any atom is 0.306 e. The maximum absolute atomic E-state index is 12.2. The molecule has 1 fully saturated rings. The average molecular weight is 305 g/mol. The fourth-order valence-corrected chi connectivity index (χ4v) is 2.95. The molecule has 0 heterocycles. The second kappa shape index (κ2) is 7.82. The predicted molar refractivity (Wildman–Crippen MR) is 82.8 cm³/mol. The largest absolute Gasteiger partial charge is 0.497 e. The fraction of sp³-hybridized carbons (Fsp3) is 0.529. The lowest BCUT2D eigenvalue weighted by Crippen LogP contribution is -2.36. The molecule has 1 aromatic rings. The van der Waals surface area contributed by atoms with E-state index < -0.39 is 5.97 Å². The summed E-state index contributed by atoms with van der Waals surface area (Å²) in [6.07, 6.45) is 3.47. The minimum absolute atomic E-state index is 0.0196. The van der Waals surface area contributed by atoms with Crippen LogP contribution in [-0.4, -0.2) is 30.6 Å². The van der Waals surface area contributed by atoms with E-state index in [1.807, 2.05) is 24.3 Å². The van der Waals surface area contributed by atoms with E-state index in [0.29, 0.717) is 19.4 Å². The summed E-state index contributed by atoms with van der Waals surface area (Å²) in [5, 5.41) is 12.0. The normalized spacial score (nSPS) is 21.1. The number of rotatable bonds is 6. The Morgan fingerprint density at radius 2 is 2.09 bits per heavy atom. The van der Waals surface area contributed by atoms with E-state index in [1.165, 1.54) is 0 Å². The number of ether oxygens (including phenoxy) is 1. The molecule has 0 spiro atoms. The summed E-state index contributed by atoms with van der Waals surface area (Å²) in [5.41, 5.74) is 1.10. The molecule has 0 saturated heterocycles. The Hall–Kier alpha value is -2.04. The number of methoxy groups -OCH3 is 1. The molecule has 0 radical (unpaired) electrons. The summed E-state index contributed by atoms with van der Waals surface area (Å²) < 4.78 is 5.17. The van der Waals surface area contributed by atoms with Gasteiger partial charge in [-0.05, 0) is 43.4 Å². The summed E-state index contributed by atoms with van der Waals surface area (Å²) in [4.78, 5) is 23.2. The van der Waals surface area contributed by atoms with E-state index in [0.717, 1.165) is 30.6 Å². The van der Waals surface area contributed by atoms with E-state index in [2.05, 4.69) is 5.32 Å². The van der Waals surface area contributed by atoms with E-state index in [-0.39, 0.29) is 17.7 Å². The third kappa shape index (κ3) is 4.48. The number of carboxylic acids is 1. The van der Waals surface area contributed by atoms with Crippen molar-refractivity contribution in [1.29, 1.82) is 0 Å². The number of hydrogen-bond donors (Lipinski definition) is 2. The number of carbonyl (C=O) groups excluding carboxylic acids is 1. The summed E-state index contributed by atoms with van der Waals surface area (Å²) in [6, 6.07) is 7.76. The van der Waals surface area contributed by atoms with Crippen molar-refractivity contribution < 1.29 is 19.4 Å². The van der Waals surface area contributed by atoms with Gasteiger partial charge in [-0.2, -0.15) is 0 Å². The first-order valence-electron chi connectivity index (χ1n) is 7.73. The van der Waals surface area contributed by atoms with Crippen LogP contribution in [0.2, 0.25) is 0 Å². The van der Waals surface area contributed by atoms with Gasteiger partial charge in [-0.15, -0.1) is 0 Å². The number of benzene rings is 1. The van der Waals surface area contributed by atoms with Crippen molar-refractivity contribution in [3.8, 4) is 5.75 Å². The molecule has 2 rings (SSSR count). The fourth-order valence-electron chi connectivity index (χ4n) is 2.95. The molecular weight excluding hydrogens is 282 g/mol. The average Bonchev–Trinajstić information content (AvgIpc) is 2.55. The van der Waals surface area contributed by atoms with Crippen LogP contribution in [0.3, 0.4) is 0 Å². The van der Waals surface area contributed by atoms with Crippen LogP contribution in [-0.2, 0) is 16.0 Å². The van der Waals surface area contributed by atoms with Gasteiger partial charge in [0.25, 0.3) is 0 Å². The lowest BCUT2D eigenvalue weighted by molar-refractivity contribution is -0.144. The number of hydrogen-bond acceptors (Lipinski definition) is 3. The second-order valence-electron chi connectivity index (χ2n) is 5.79. The summed E-state index contributed by atoms with van der Waals surface area (Å²) in [7, 11) is 1.63. The first-order valence-corrected chi connectivity index (χ1v) is 7.73. The van der Waals surface area contributed by atoms with E-state index in [1.54, 1.807) is 7.11 Å². The van der Waals surface area contributed by atoms with Crippen LogP contribution in [0.1, 0.15) is 31.2 Å². The molecule has 1 aliphatic rings. The lowest BCUT2D eigenvalue weighted by Gasteiger charge is -2.25. The van der Waals surface area contributed by atoms with E-state index in [4.69, 9.17) is 9.84 Å². The Morgan fingerprint density at radius 3 is 2.82 bits per heavy atom. The van der Waals surface area contributed by atoms with Gasteiger partial charge in [0.2, 0.25) is 5.91 Å². The zero-order valence-corrected chi connectivity index (χ0v) is 12.9. The standard InChI is InChI=1S/C17H23NO4/c1-22-15-7-2-4-12(10-15)8-9-18-16(19)13-5-3-6-14(11-13)17(20)21/h2,4,7,10,13-14H,3,5-6,8-9,11H2,1H3,(H,18,19)(H,20,21). The van der Waals surface area contributed by atoms with Crippen LogP contribution < -0.4 is 10.1 Å². The van der Waals surface area contributed by atoms with Gasteiger partial charge >= 0.3 is 5.97 Å². The lowest BCUT2D eigenvalue weighted by atomic mass is 9.81. The first kappa shape index (κ1) is 16.3. The van der Waals surface area contributed by atoms with Gasteiger partial charge in [0.15, 0.2) is 0 Å². The Labute approximate surface area is 130 Å². The van der Waals surface area contributed by atoms with E-state index >= 15 is 0 Å². The molecule has 0 bridgehead atoms. The smallest absolute Gasteiger partial charge is 0.306 e. The zero-order valence-electron chi connectivity index (χ0n) is 12.9. The number of carboxylic acid groups (broad SMARTS) is 1. The van der Waals surface area contributed by atoms with Crippen LogP contribution in [0.5, 0.6) is 5.75 Å². The monoisotopic (exact) mass is 305 g/mol. The van der Waals surface area contributed by atoms with Crippen molar-refractivity contribution in [3.05, 3.63) is 29.8 Å².